The van der Waals surface area contributed by atoms with E-state index in [0.717, 1.165) is 0 Å². The Morgan fingerprint density at radius 1 is 1.00 bits per heavy atom. The molecule has 3 aliphatic rings. The fraction of sp³-hybridized carbons (Fsp3) is 0.632. The maximum Gasteiger partial charge on any atom is 0.257 e. The smallest absolute Gasteiger partial charge is 0.257 e. The molecule has 1 aromatic carbocycles. The Morgan fingerprint density at radius 2 is 1.77 bits per heavy atom. The van der Waals surface area contributed by atoms with Gasteiger partial charge in [-0.1, -0.05) is 56.0 Å². The van der Waals surface area contributed by atoms with E-state index in [1.54, 1.807) is 0 Å². The minimum Gasteiger partial charge on any atom is -0.467 e. The van der Waals surface area contributed by atoms with Crippen molar-refractivity contribution in [2.45, 2.75) is 68.9 Å². The standard InChI is InChI=1S/C19H25NOS/c22-18-20-19(12-5-2-6-13-19)16-11-7-10-15(17(16)21-18)14-8-3-1-4-9-14/h1,3-4,8-9,15-17H,2,5-7,10-13H2,(H,20,22). The van der Waals surface area contributed by atoms with Crippen LogP contribution in [0.25, 0.3) is 0 Å². The lowest BCUT2D eigenvalue weighted by Gasteiger charge is -2.54. The molecule has 4 rings (SSSR count). The largest absolute Gasteiger partial charge is 0.467 e. The first-order chi connectivity index (χ1) is 10.8. The van der Waals surface area contributed by atoms with Crippen molar-refractivity contribution in [1.29, 1.82) is 0 Å². The minimum atomic E-state index is 0.214. The first kappa shape index (κ1) is 14.5. The maximum absolute atomic E-state index is 6.21. The molecule has 1 aliphatic heterocycles. The summed E-state index contributed by atoms with van der Waals surface area (Å²) in [6, 6.07) is 10.9. The molecule has 0 aromatic heterocycles. The topological polar surface area (TPSA) is 21.3 Å². The molecule has 1 aromatic rings. The molecule has 0 amide bonds. The molecule has 3 heteroatoms. The Kier molecular flexibility index (Phi) is 3.85. The average Bonchev–Trinajstić information content (AvgIpc) is 2.56. The van der Waals surface area contributed by atoms with Crippen LogP contribution in [0.5, 0.6) is 0 Å². The molecule has 1 saturated heterocycles. The minimum absolute atomic E-state index is 0.214. The Balaban J connectivity index is 1.67. The molecule has 22 heavy (non-hydrogen) atoms. The van der Waals surface area contributed by atoms with Crippen LogP contribution in [0.2, 0.25) is 0 Å². The van der Waals surface area contributed by atoms with Crippen molar-refractivity contribution in [2.75, 3.05) is 0 Å². The van der Waals surface area contributed by atoms with Crippen LogP contribution in [-0.2, 0) is 4.74 Å². The van der Waals surface area contributed by atoms with Crippen molar-refractivity contribution in [3.8, 4) is 0 Å². The van der Waals surface area contributed by atoms with Crippen molar-refractivity contribution >= 4 is 17.4 Å². The molecule has 3 atom stereocenters. The number of rotatable bonds is 1. The van der Waals surface area contributed by atoms with Gasteiger partial charge in [0.25, 0.3) is 5.17 Å². The van der Waals surface area contributed by atoms with Crippen molar-refractivity contribution < 1.29 is 4.74 Å². The van der Waals surface area contributed by atoms with E-state index in [2.05, 4.69) is 35.6 Å². The zero-order valence-electron chi connectivity index (χ0n) is 13.1. The second kappa shape index (κ2) is 5.84. The summed E-state index contributed by atoms with van der Waals surface area (Å²) >= 11 is 5.50. The molecule has 3 fully saturated rings. The van der Waals surface area contributed by atoms with E-state index in [9.17, 15) is 0 Å². The highest BCUT2D eigenvalue weighted by atomic mass is 32.1. The molecule has 2 nitrogen and oxygen atoms in total. The lowest BCUT2D eigenvalue weighted by atomic mass is 9.62. The SMILES string of the molecule is S=C1NC2(CCCCC2)C2CCCC(c3ccccc3)C2O1. The quantitative estimate of drug-likeness (QED) is 0.768. The predicted octanol–water partition coefficient (Wildman–Crippen LogP) is 4.55. The van der Waals surface area contributed by atoms with Gasteiger partial charge in [-0.25, -0.2) is 0 Å². The van der Waals surface area contributed by atoms with Crippen LogP contribution < -0.4 is 5.32 Å². The van der Waals surface area contributed by atoms with Crippen LogP contribution in [0.1, 0.15) is 62.8 Å². The van der Waals surface area contributed by atoms with Crippen molar-refractivity contribution in [3.63, 3.8) is 0 Å². The number of fused-ring (bicyclic) bond motifs is 2. The Hall–Kier alpha value is -1.09. The Bertz CT molecular complexity index is 538. The van der Waals surface area contributed by atoms with E-state index < -0.39 is 0 Å². The molecule has 1 N–H and O–H groups in total. The third kappa shape index (κ3) is 2.44. The highest BCUT2D eigenvalue weighted by Gasteiger charge is 2.52. The molecular weight excluding hydrogens is 290 g/mol. The van der Waals surface area contributed by atoms with Crippen molar-refractivity contribution in [2.24, 2.45) is 5.92 Å². The summed E-state index contributed by atoms with van der Waals surface area (Å²) in [5, 5.41) is 4.26. The highest BCUT2D eigenvalue weighted by molar-refractivity contribution is 7.80. The summed E-state index contributed by atoms with van der Waals surface area (Å²) in [7, 11) is 0. The summed E-state index contributed by atoms with van der Waals surface area (Å²) in [6.07, 6.45) is 10.6. The Morgan fingerprint density at radius 3 is 2.55 bits per heavy atom. The Labute approximate surface area is 138 Å². The lowest BCUT2D eigenvalue weighted by molar-refractivity contribution is -0.0355. The van der Waals surface area contributed by atoms with Crippen molar-refractivity contribution in [1.82, 2.24) is 5.32 Å². The zero-order chi connectivity index (χ0) is 15.0. The predicted molar refractivity (Wildman–Crippen MR) is 92.9 cm³/mol. The molecule has 3 unspecified atom stereocenters. The van der Waals surface area contributed by atoms with E-state index in [1.807, 2.05) is 0 Å². The van der Waals surface area contributed by atoms with Gasteiger partial charge in [0, 0.05) is 17.4 Å². The number of nitrogens with one attached hydrogen (secondary N) is 1. The molecule has 0 radical (unpaired) electrons. The monoisotopic (exact) mass is 315 g/mol. The summed E-state index contributed by atoms with van der Waals surface area (Å²) in [5.41, 5.74) is 1.64. The van der Waals surface area contributed by atoms with Gasteiger partial charge < -0.3 is 10.1 Å². The summed E-state index contributed by atoms with van der Waals surface area (Å²) in [6.45, 7) is 0. The van der Waals surface area contributed by atoms with Gasteiger partial charge >= 0.3 is 0 Å². The molecular formula is C19H25NOS. The number of thiocarbonyl (C=S) groups is 1. The van der Waals surface area contributed by atoms with Gasteiger partial charge in [0.2, 0.25) is 0 Å². The van der Waals surface area contributed by atoms with Gasteiger partial charge in [-0.2, -0.15) is 0 Å². The van der Waals surface area contributed by atoms with Crippen LogP contribution in [-0.4, -0.2) is 16.8 Å². The van der Waals surface area contributed by atoms with Gasteiger partial charge in [-0.3, -0.25) is 0 Å². The molecule has 1 spiro atoms. The highest BCUT2D eigenvalue weighted by Crippen LogP contribution is 2.49. The van der Waals surface area contributed by atoms with E-state index in [0.29, 0.717) is 17.0 Å². The third-order valence-corrected chi connectivity index (χ3v) is 6.30. The molecule has 1 heterocycles. The van der Waals surface area contributed by atoms with Crippen molar-refractivity contribution in [3.05, 3.63) is 35.9 Å². The summed E-state index contributed by atoms with van der Waals surface area (Å²) < 4.78 is 6.21. The summed E-state index contributed by atoms with van der Waals surface area (Å²) in [4.78, 5) is 0. The number of benzene rings is 1. The molecule has 2 saturated carbocycles. The van der Waals surface area contributed by atoms with E-state index in [-0.39, 0.29) is 11.6 Å². The summed E-state index contributed by atoms with van der Waals surface area (Å²) in [5.74, 6) is 1.11. The van der Waals surface area contributed by atoms with E-state index in [4.69, 9.17) is 17.0 Å². The van der Waals surface area contributed by atoms with Gasteiger partial charge in [0.1, 0.15) is 6.10 Å². The van der Waals surface area contributed by atoms with Crippen LogP contribution in [0.4, 0.5) is 0 Å². The van der Waals surface area contributed by atoms with Crippen LogP contribution in [0, 0.1) is 5.92 Å². The second-order valence-corrected chi connectivity index (χ2v) is 7.64. The molecule has 2 aliphatic carbocycles. The molecule has 118 valence electrons. The van der Waals surface area contributed by atoms with Gasteiger partial charge in [-0.15, -0.1) is 0 Å². The van der Waals surface area contributed by atoms with Crippen LogP contribution in [0.15, 0.2) is 30.3 Å². The fourth-order valence-electron chi connectivity index (χ4n) is 5.11. The van der Waals surface area contributed by atoms with Crippen LogP contribution in [0.3, 0.4) is 0 Å². The van der Waals surface area contributed by atoms with Gasteiger partial charge in [0.05, 0.1) is 0 Å². The van der Waals surface area contributed by atoms with E-state index >= 15 is 0 Å². The van der Waals surface area contributed by atoms with Crippen LogP contribution >= 0.6 is 12.2 Å². The number of ether oxygens (including phenoxy) is 1. The second-order valence-electron chi connectivity index (χ2n) is 7.27. The number of hydrogen-bond donors (Lipinski definition) is 1. The van der Waals surface area contributed by atoms with E-state index in [1.165, 1.54) is 56.9 Å². The molecule has 0 bridgehead atoms. The number of hydrogen-bond acceptors (Lipinski definition) is 2. The average molecular weight is 315 g/mol. The third-order valence-electron chi connectivity index (χ3n) is 6.10. The van der Waals surface area contributed by atoms with Gasteiger partial charge in [0.15, 0.2) is 0 Å². The lowest BCUT2D eigenvalue weighted by Crippen LogP contribution is -2.65. The first-order valence-electron chi connectivity index (χ1n) is 8.82. The first-order valence-corrected chi connectivity index (χ1v) is 9.23. The zero-order valence-corrected chi connectivity index (χ0v) is 13.9. The fourth-order valence-corrected chi connectivity index (χ4v) is 5.42. The van der Waals surface area contributed by atoms with Gasteiger partial charge in [-0.05, 0) is 43.5 Å². The normalized spacial score (nSPS) is 33.6. The maximum atomic E-state index is 6.21.